The number of alkyl halides is 6. The predicted molar refractivity (Wildman–Crippen MR) is 123 cm³/mol. The van der Waals surface area contributed by atoms with E-state index in [-0.39, 0.29) is 54.7 Å². The van der Waals surface area contributed by atoms with E-state index >= 15 is 0 Å². The van der Waals surface area contributed by atoms with Gasteiger partial charge in [0.25, 0.3) is 0 Å². The van der Waals surface area contributed by atoms with Gasteiger partial charge in [0.15, 0.2) is 0 Å². The van der Waals surface area contributed by atoms with Gasteiger partial charge in [-0.2, -0.15) is 26.3 Å². The summed E-state index contributed by atoms with van der Waals surface area (Å²) in [5, 5.41) is 14.5. The summed E-state index contributed by atoms with van der Waals surface area (Å²) in [6, 6.07) is 2.77. The third-order valence-corrected chi connectivity index (χ3v) is 6.56. The number of benzene rings is 1. The minimum Gasteiger partial charge on any atom is -0.492 e. The maximum Gasteiger partial charge on any atom is 0.433 e. The minimum atomic E-state index is -4.78. The average Bonchev–Trinajstić information content (AvgIpc) is 2.80. The highest BCUT2D eigenvalue weighted by Gasteiger charge is 2.43. The van der Waals surface area contributed by atoms with Gasteiger partial charge in [-0.05, 0) is 51.8 Å². The van der Waals surface area contributed by atoms with Crippen molar-refractivity contribution in [1.82, 2.24) is 10.3 Å². The number of cyclic esters (lactones) is 1. The Kier molecular flexibility index (Phi) is 7.30. The molecule has 13 heteroatoms. The van der Waals surface area contributed by atoms with Gasteiger partial charge in [0.1, 0.15) is 24.7 Å². The molecule has 208 valence electrons. The highest BCUT2D eigenvalue weighted by Crippen LogP contribution is 2.44. The van der Waals surface area contributed by atoms with E-state index in [4.69, 9.17) is 9.47 Å². The van der Waals surface area contributed by atoms with E-state index in [2.05, 4.69) is 10.3 Å². The lowest BCUT2D eigenvalue weighted by Crippen LogP contribution is -2.53. The summed E-state index contributed by atoms with van der Waals surface area (Å²) in [5.74, 6) is -0.0995. The van der Waals surface area contributed by atoms with Crippen LogP contribution in [-0.2, 0) is 29.3 Å². The second kappa shape index (κ2) is 9.92. The topological polar surface area (TPSA) is 83.9 Å². The molecule has 1 fully saturated rings. The number of pyridine rings is 1. The Hall–Kier alpha value is -3.06. The maximum absolute atomic E-state index is 14.0. The van der Waals surface area contributed by atoms with Crippen molar-refractivity contribution in [3.63, 3.8) is 0 Å². The van der Waals surface area contributed by atoms with Crippen LogP contribution in [-0.4, -0.2) is 40.9 Å². The van der Waals surface area contributed by atoms with Gasteiger partial charge >= 0.3 is 18.4 Å². The molecule has 0 unspecified atom stereocenters. The van der Waals surface area contributed by atoms with Crippen LogP contribution in [0.3, 0.4) is 0 Å². The lowest BCUT2D eigenvalue weighted by Gasteiger charge is -2.41. The SMILES string of the molecule is CC(C)N1C(=O)OCc2cc(OC[C@@H]3C[C@](O)(c4ccc(C(F)(F)F)nc4)C[C@H](C)N3)cc(C(F)(F)F)c21. The van der Waals surface area contributed by atoms with Crippen LogP contribution < -0.4 is 15.0 Å². The van der Waals surface area contributed by atoms with Crippen LogP contribution in [0.5, 0.6) is 5.75 Å². The number of fused-ring (bicyclic) bond motifs is 1. The average molecular weight is 547 g/mol. The normalized spacial score (nSPS) is 24.3. The third kappa shape index (κ3) is 5.68. The zero-order chi connectivity index (χ0) is 28.0. The largest absolute Gasteiger partial charge is 0.492 e. The van der Waals surface area contributed by atoms with Gasteiger partial charge in [-0.3, -0.25) is 9.88 Å². The van der Waals surface area contributed by atoms with E-state index in [0.717, 1.165) is 23.2 Å². The Bertz CT molecular complexity index is 1190. The molecule has 1 saturated heterocycles. The van der Waals surface area contributed by atoms with E-state index < -0.39 is 47.4 Å². The van der Waals surface area contributed by atoms with Crippen LogP contribution in [0.25, 0.3) is 0 Å². The molecule has 2 N–H and O–H groups in total. The van der Waals surface area contributed by atoms with E-state index in [1.165, 1.54) is 12.1 Å². The quantitative estimate of drug-likeness (QED) is 0.489. The first-order valence-corrected chi connectivity index (χ1v) is 11.9. The van der Waals surface area contributed by atoms with Gasteiger partial charge in [-0.1, -0.05) is 6.07 Å². The molecule has 0 radical (unpaired) electrons. The second-order valence-corrected chi connectivity index (χ2v) is 9.94. The number of hydrogen-bond donors (Lipinski definition) is 2. The van der Waals surface area contributed by atoms with Gasteiger partial charge in [-0.25, -0.2) is 4.79 Å². The number of halogens is 6. The number of nitrogens with one attached hydrogen (secondary N) is 1. The number of rotatable bonds is 5. The van der Waals surface area contributed by atoms with Crippen molar-refractivity contribution in [3.8, 4) is 5.75 Å². The summed E-state index contributed by atoms with van der Waals surface area (Å²) in [7, 11) is 0. The number of aliphatic hydroxyl groups is 1. The second-order valence-electron chi connectivity index (χ2n) is 9.94. The molecule has 2 aliphatic rings. The Labute approximate surface area is 214 Å². The van der Waals surface area contributed by atoms with Crippen LogP contribution in [0.1, 0.15) is 56.0 Å². The maximum atomic E-state index is 14.0. The highest BCUT2D eigenvalue weighted by molar-refractivity contribution is 5.92. The highest BCUT2D eigenvalue weighted by atomic mass is 19.4. The monoisotopic (exact) mass is 547 g/mol. The molecule has 0 aliphatic carbocycles. The number of carbonyl (C=O) groups is 1. The molecule has 0 saturated carbocycles. The van der Waals surface area contributed by atoms with Crippen LogP contribution >= 0.6 is 0 Å². The first-order chi connectivity index (χ1) is 17.6. The van der Waals surface area contributed by atoms with Crippen molar-refractivity contribution < 1.29 is 45.7 Å². The van der Waals surface area contributed by atoms with Crippen LogP contribution in [0.15, 0.2) is 30.5 Å². The molecule has 0 bridgehead atoms. The first-order valence-electron chi connectivity index (χ1n) is 11.9. The number of aromatic nitrogens is 1. The summed E-state index contributed by atoms with van der Waals surface area (Å²) in [6.07, 6.45) is -9.07. The lowest BCUT2D eigenvalue weighted by atomic mass is 9.79. The molecule has 2 aromatic rings. The number of piperidine rings is 1. The van der Waals surface area contributed by atoms with Crippen molar-refractivity contribution >= 4 is 11.8 Å². The van der Waals surface area contributed by atoms with Crippen molar-refractivity contribution in [2.24, 2.45) is 0 Å². The number of nitrogens with zero attached hydrogens (tertiary/aromatic N) is 2. The summed E-state index contributed by atoms with van der Waals surface area (Å²) >= 11 is 0. The Balaban J connectivity index is 1.56. The van der Waals surface area contributed by atoms with E-state index in [0.29, 0.717) is 0 Å². The predicted octanol–water partition coefficient (Wildman–Crippen LogP) is 5.39. The zero-order valence-electron chi connectivity index (χ0n) is 20.8. The summed E-state index contributed by atoms with van der Waals surface area (Å²) in [5.41, 5.74) is -3.57. The van der Waals surface area contributed by atoms with Gasteiger partial charge in [0, 0.05) is 35.4 Å². The third-order valence-electron chi connectivity index (χ3n) is 6.56. The van der Waals surface area contributed by atoms with Gasteiger partial charge in [0.2, 0.25) is 0 Å². The lowest BCUT2D eigenvalue weighted by molar-refractivity contribution is -0.141. The summed E-state index contributed by atoms with van der Waals surface area (Å²) < 4.78 is 91.4. The summed E-state index contributed by atoms with van der Waals surface area (Å²) in [6.45, 7) is 4.43. The first kappa shape index (κ1) is 28.0. The molecule has 1 aromatic carbocycles. The fourth-order valence-corrected chi connectivity index (χ4v) is 5.02. The van der Waals surface area contributed by atoms with E-state index in [9.17, 15) is 36.2 Å². The molecule has 3 atom stereocenters. The van der Waals surface area contributed by atoms with Crippen LogP contribution in [0.2, 0.25) is 0 Å². The number of amides is 1. The Morgan fingerprint density at radius 1 is 1.18 bits per heavy atom. The fourth-order valence-electron chi connectivity index (χ4n) is 5.02. The molecule has 0 spiro atoms. The van der Waals surface area contributed by atoms with Gasteiger partial charge < -0.3 is 19.9 Å². The van der Waals surface area contributed by atoms with Crippen molar-refractivity contribution in [2.75, 3.05) is 11.5 Å². The van der Waals surface area contributed by atoms with E-state index in [1.807, 2.05) is 0 Å². The van der Waals surface area contributed by atoms with Crippen molar-refractivity contribution in [1.29, 1.82) is 0 Å². The molecule has 7 nitrogen and oxygen atoms in total. The van der Waals surface area contributed by atoms with Gasteiger partial charge in [0.05, 0.1) is 16.9 Å². The Morgan fingerprint density at radius 3 is 2.47 bits per heavy atom. The van der Waals surface area contributed by atoms with Crippen LogP contribution in [0.4, 0.5) is 36.8 Å². The fraction of sp³-hybridized carbons (Fsp3) is 0.520. The molecule has 1 amide bonds. The molecule has 2 aliphatic heterocycles. The minimum absolute atomic E-state index is 0.0280. The number of ether oxygens (including phenoxy) is 2. The molecule has 1 aromatic heterocycles. The van der Waals surface area contributed by atoms with Crippen molar-refractivity contribution in [2.45, 2.75) is 76.3 Å². The molecule has 4 rings (SSSR count). The van der Waals surface area contributed by atoms with E-state index in [1.54, 1.807) is 20.8 Å². The summed E-state index contributed by atoms with van der Waals surface area (Å²) in [4.78, 5) is 16.6. The number of hydrogen-bond acceptors (Lipinski definition) is 6. The number of carbonyl (C=O) groups excluding carboxylic acids is 1. The standard InChI is InChI=1S/C25H27F6N3O4/c1-13(2)34-21-15(11-38-22(34)35)6-18(7-19(21)24(26,27)28)37-12-17-9-23(36,8-14(3)33-17)16-4-5-20(32-10-16)25(29,30)31/h4-7,10,13-14,17,33,36H,8-9,11-12H2,1-3H3/t14-,17-,23-/m0/s1. The van der Waals surface area contributed by atoms with Crippen molar-refractivity contribution in [3.05, 3.63) is 52.8 Å². The Morgan fingerprint density at radius 2 is 1.89 bits per heavy atom. The van der Waals surface area contributed by atoms with Crippen LogP contribution in [0, 0.1) is 0 Å². The van der Waals surface area contributed by atoms with Gasteiger partial charge in [-0.15, -0.1) is 0 Å². The molecule has 3 heterocycles. The number of anilines is 1. The molecule has 38 heavy (non-hydrogen) atoms. The zero-order valence-corrected chi connectivity index (χ0v) is 20.8. The molecular weight excluding hydrogens is 520 g/mol. The molecular formula is C25H27F6N3O4. The smallest absolute Gasteiger partial charge is 0.433 e.